The first-order valence-corrected chi connectivity index (χ1v) is 17.8. The number of nitrogens with zero attached hydrogens (tertiary/aromatic N) is 4. The Hall–Kier alpha value is -3.61. The minimum absolute atomic E-state index is 0.122. The van der Waals surface area contributed by atoms with Crippen LogP contribution in [-0.2, 0) is 48.6 Å². The highest BCUT2D eigenvalue weighted by Gasteiger charge is 2.65. The molecular weight excluding hydrogens is 655 g/mol. The molecule has 5 heterocycles. The fourth-order valence-electron chi connectivity index (χ4n) is 6.23. The van der Waals surface area contributed by atoms with E-state index in [9.17, 15) is 14.6 Å². The molecule has 0 radical (unpaired) electrons. The Labute approximate surface area is 284 Å². The van der Waals surface area contributed by atoms with Gasteiger partial charge in [-0.2, -0.15) is 15.4 Å². The van der Waals surface area contributed by atoms with E-state index in [2.05, 4.69) is 42.0 Å². The third-order valence-electron chi connectivity index (χ3n) is 8.77. The van der Waals surface area contributed by atoms with Crippen LogP contribution in [0.15, 0.2) is 42.7 Å². The van der Waals surface area contributed by atoms with Gasteiger partial charge in [-0.1, -0.05) is 32.9 Å². The third kappa shape index (κ3) is 7.18. The molecule has 6 rings (SSSR count). The maximum atomic E-state index is 14.5. The van der Waals surface area contributed by atoms with Crippen molar-refractivity contribution in [2.45, 2.75) is 102 Å². The van der Waals surface area contributed by atoms with E-state index in [1.54, 1.807) is 38.1 Å². The van der Waals surface area contributed by atoms with Crippen molar-refractivity contribution in [1.82, 2.24) is 19.7 Å². The summed E-state index contributed by atoms with van der Waals surface area (Å²) in [5.74, 6) is -1.23. The van der Waals surface area contributed by atoms with Crippen LogP contribution in [0.1, 0.15) is 65.6 Å². The first kappa shape index (κ1) is 35.2. The van der Waals surface area contributed by atoms with Crippen LogP contribution in [0.25, 0.3) is 5.52 Å². The van der Waals surface area contributed by atoms with Crippen LogP contribution in [-0.4, -0.2) is 76.6 Å². The molecule has 3 N–H and O–H groups in total. The van der Waals surface area contributed by atoms with Crippen molar-refractivity contribution in [3.05, 3.63) is 54.0 Å². The molecule has 3 aliphatic rings. The summed E-state index contributed by atoms with van der Waals surface area (Å²) in [5.41, 5.74) is 6.09. The average molecular weight is 699 g/mol. The van der Waals surface area contributed by atoms with Gasteiger partial charge in [0.05, 0.1) is 25.5 Å². The number of rotatable bonds is 10. The summed E-state index contributed by atoms with van der Waals surface area (Å²) in [5, 5.41) is 17.7. The number of benzene rings is 1. The van der Waals surface area contributed by atoms with Crippen molar-refractivity contribution in [2.24, 2.45) is 0 Å². The molecule has 3 aromatic rings. The van der Waals surface area contributed by atoms with Crippen LogP contribution in [0.5, 0.6) is 5.75 Å². The number of nitrogen functional groups attached to an aromatic ring is 1. The second-order valence-electron chi connectivity index (χ2n) is 13.9. The number of carbonyl (C=O) groups excluding carboxylic acids is 1. The van der Waals surface area contributed by atoms with Crippen molar-refractivity contribution in [3.63, 3.8) is 0 Å². The summed E-state index contributed by atoms with van der Waals surface area (Å²) in [6.45, 7) is 11.8. The molecule has 6 atom stereocenters. The smallest absolute Gasteiger partial charge is 0.459 e. The molecule has 3 fully saturated rings. The first-order valence-electron chi connectivity index (χ1n) is 16.3. The highest BCUT2D eigenvalue weighted by Crippen LogP contribution is 2.51. The number of carbonyl (C=O) groups is 1. The fraction of sp³-hybridized carbons (Fsp3) is 0.576. The summed E-state index contributed by atoms with van der Waals surface area (Å²) in [4.78, 5) is 17.1. The number of fused-ring (bicyclic) bond motifs is 2. The van der Waals surface area contributed by atoms with Crippen LogP contribution < -0.4 is 15.3 Å². The lowest BCUT2D eigenvalue weighted by Crippen LogP contribution is -2.40. The topological polar surface area (TPSA) is 191 Å². The van der Waals surface area contributed by atoms with Crippen LogP contribution in [0.2, 0.25) is 0 Å². The van der Waals surface area contributed by atoms with E-state index < -0.39 is 49.5 Å². The van der Waals surface area contributed by atoms with Gasteiger partial charge in [-0.3, -0.25) is 9.32 Å². The molecule has 1 unspecified atom stereocenters. The van der Waals surface area contributed by atoms with E-state index in [0.717, 1.165) is 5.56 Å². The zero-order valence-corrected chi connectivity index (χ0v) is 29.3. The number of esters is 1. The monoisotopic (exact) mass is 698 g/mol. The van der Waals surface area contributed by atoms with Crippen molar-refractivity contribution in [2.75, 3.05) is 25.6 Å². The van der Waals surface area contributed by atoms with Gasteiger partial charge in [0.2, 0.25) is 5.60 Å². The quantitative estimate of drug-likeness (QED) is 0.227. The third-order valence-corrected chi connectivity index (χ3v) is 10.4. The van der Waals surface area contributed by atoms with E-state index in [0.29, 0.717) is 37.3 Å². The molecule has 16 heteroatoms. The van der Waals surface area contributed by atoms with Crippen LogP contribution in [0.3, 0.4) is 0 Å². The second-order valence-corrected chi connectivity index (χ2v) is 15.6. The van der Waals surface area contributed by atoms with Gasteiger partial charge < -0.3 is 33.9 Å². The molecule has 0 bridgehead atoms. The molecule has 49 heavy (non-hydrogen) atoms. The molecule has 0 spiro atoms. The maximum Gasteiger partial charge on any atom is 0.459 e. The molecule has 264 valence electrons. The van der Waals surface area contributed by atoms with Crippen LogP contribution >= 0.6 is 7.75 Å². The molecule has 15 nitrogen and oxygen atoms in total. The maximum absolute atomic E-state index is 14.5. The van der Waals surface area contributed by atoms with Crippen LogP contribution in [0.4, 0.5) is 5.82 Å². The summed E-state index contributed by atoms with van der Waals surface area (Å²) >= 11 is 0. The molecule has 2 aromatic heterocycles. The van der Waals surface area contributed by atoms with E-state index in [1.165, 1.54) is 17.8 Å². The first-order chi connectivity index (χ1) is 23.1. The van der Waals surface area contributed by atoms with E-state index in [1.807, 2.05) is 12.1 Å². The van der Waals surface area contributed by atoms with Crippen molar-refractivity contribution in [1.29, 1.82) is 5.26 Å². The minimum atomic E-state index is -4.31. The number of ether oxygens (including phenoxy) is 5. The highest BCUT2D eigenvalue weighted by atomic mass is 31.2. The lowest BCUT2D eigenvalue weighted by molar-refractivity contribution is -0.204. The fourth-order valence-corrected chi connectivity index (χ4v) is 7.73. The molecule has 3 aliphatic heterocycles. The van der Waals surface area contributed by atoms with E-state index >= 15 is 0 Å². The molecule has 0 saturated carbocycles. The number of hydrogen-bond acceptors (Lipinski definition) is 13. The predicted octanol–water partition coefficient (Wildman–Crippen LogP) is 4.15. The predicted molar refractivity (Wildman–Crippen MR) is 175 cm³/mol. The van der Waals surface area contributed by atoms with Gasteiger partial charge in [-0.25, -0.2) is 14.1 Å². The lowest BCUT2D eigenvalue weighted by Gasteiger charge is -2.29. The molecule has 1 aromatic carbocycles. The van der Waals surface area contributed by atoms with Crippen molar-refractivity contribution in [3.8, 4) is 11.8 Å². The highest BCUT2D eigenvalue weighted by molar-refractivity contribution is 7.52. The van der Waals surface area contributed by atoms with E-state index in [-0.39, 0.29) is 29.7 Å². The largest absolute Gasteiger partial charge is 0.461 e. The van der Waals surface area contributed by atoms with E-state index in [4.69, 9.17) is 38.5 Å². The Balaban J connectivity index is 1.27. The number of aromatic nitrogens is 3. The zero-order valence-electron chi connectivity index (χ0n) is 28.5. The van der Waals surface area contributed by atoms with Crippen molar-refractivity contribution < 1.29 is 42.1 Å². The second kappa shape index (κ2) is 13.3. The Morgan fingerprint density at radius 2 is 1.88 bits per heavy atom. The Morgan fingerprint density at radius 1 is 1.16 bits per heavy atom. The SMILES string of the molecule is C[C@H](NP(=O)(OC[C@H]1O[C@@](C#N)(c2ccc3c(N)ncnn23)[C@@H]2OC(C)(C)O[C@@H]21)Oc1ccc(C(C)(C)C)cc1)C(=O)OC1CCOCC1. The molecule has 0 aliphatic carbocycles. The molecule has 3 saturated heterocycles. The number of nitriles is 1. The Morgan fingerprint density at radius 3 is 2.55 bits per heavy atom. The van der Waals surface area contributed by atoms with Crippen LogP contribution in [0, 0.1) is 11.3 Å². The van der Waals surface area contributed by atoms with Gasteiger partial charge in [-0.15, -0.1) is 0 Å². The van der Waals surface area contributed by atoms with Gasteiger partial charge in [0.1, 0.15) is 54.1 Å². The van der Waals surface area contributed by atoms with Gasteiger partial charge in [0, 0.05) is 12.8 Å². The van der Waals surface area contributed by atoms with Gasteiger partial charge in [0.25, 0.3) is 0 Å². The molecule has 0 amide bonds. The lowest BCUT2D eigenvalue weighted by atomic mass is 9.87. The summed E-state index contributed by atoms with van der Waals surface area (Å²) in [6.07, 6.45) is -0.618. The number of nitrogens with two attached hydrogens (primary N) is 1. The summed E-state index contributed by atoms with van der Waals surface area (Å²) in [6, 6.07) is 11.7. The van der Waals surface area contributed by atoms with Crippen molar-refractivity contribution >= 4 is 25.1 Å². The van der Waals surface area contributed by atoms with Gasteiger partial charge in [-0.05, 0) is 56.0 Å². The Bertz CT molecular complexity index is 1760. The number of nitrogens with one attached hydrogen (secondary N) is 1. The summed E-state index contributed by atoms with van der Waals surface area (Å²) in [7, 11) is -4.31. The minimum Gasteiger partial charge on any atom is -0.461 e. The van der Waals surface area contributed by atoms with Gasteiger partial charge in [0.15, 0.2) is 11.6 Å². The number of hydrogen-bond donors (Lipinski definition) is 2. The summed E-state index contributed by atoms with van der Waals surface area (Å²) < 4.78 is 57.9. The Kier molecular flexibility index (Phi) is 9.53. The zero-order chi connectivity index (χ0) is 35.2. The molecular formula is C33H43N6O9P. The average Bonchev–Trinajstić information content (AvgIpc) is 3.71. The van der Waals surface area contributed by atoms with Gasteiger partial charge >= 0.3 is 13.7 Å². The normalized spacial score (nSPS) is 27.2. The number of anilines is 1. The standard InChI is InChI=1S/C33H43N6O9P/c1-20(30(40)44-22-13-15-42-16-14-22)38-49(41,48-23-9-7-21(8-10-23)31(2,3)4)43-17-25-27-28(47-32(5,6)46-27)33(18-34,45-25)26-12-11-24-29(35)36-19-37-39(24)26/h7-12,19-20,22,25,27-28H,13-17H2,1-6H3,(H,38,41)(H2,35,36,37)/t20-,25+,27+,28+,33-,49?/m0/s1.